The molecular weight excluding hydrogens is 342 g/mol. The number of nitrogens with one attached hydrogen (secondary N) is 1. The Morgan fingerprint density at radius 3 is 2.81 bits per heavy atom. The van der Waals surface area contributed by atoms with Crippen molar-refractivity contribution >= 4 is 16.9 Å². The molecule has 142 valence electrons. The number of carbonyl (C=O) groups excluding carboxylic acids is 1. The smallest absolute Gasteiger partial charge is 0.242 e. The van der Waals surface area contributed by atoms with Crippen LogP contribution < -0.4 is 10.1 Å². The fourth-order valence-electron chi connectivity index (χ4n) is 3.37. The van der Waals surface area contributed by atoms with Gasteiger partial charge in [0.05, 0.1) is 18.5 Å². The van der Waals surface area contributed by atoms with Crippen LogP contribution in [0.1, 0.15) is 41.8 Å². The van der Waals surface area contributed by atoms with Crippen molar-refractivity contribution in [1.82, 2.24) is 25.1 Å². The average molecular weight is 367 g/mol. The maximum absolute atomic E-state index is 12.4. The molecule has 3 rings (SSSR count). The number of carbonyl (C=O) groups is 1. The zero-order valence-electron chi connectivity index (χ0n) is 16.4. The van der Waals surface area contributed by atoms with Crippen LogP contribution in [0.25, 0.3) is 11.0 Å². The van der Waals surface area contributed by atoms with Crippen molar-refractivity contribution in [3.8, 4) is 5.88 Å². The molecule has 0 radical (unpaired) electrons. The molecule has 1 atom stereocenters. The van der Waals surface area contributed by atoms with Crippen LogP contribution >= 0.6 is 0 Å². The Kier molecular flexibility index (Phi) is 5.39. The van der Waals surface area contributed by atoms with Crippen molar-refractivity contribution in [1.29, 1.82) is 0 Å². The molecule has 0 fully saturated rings. The van der Waals surface area contributed by atoms with Gasteiger partial charge in [-0.05, 0) is 49.9 Å². The first-order chi connectivity index (χ1) is 12.9. The van der Waals surface area contributed by atoms with Crippen LogP contribution in [0, 0.1) is 13.8 Å². The highest BCUT2D eigenvalue weighted by molar-refractivity contribution is 5.86. The highest BCUT2D eigenvalue weighted by Gasteiger charge is 2.19. The summed E-state index contributed by atoms with van der Waals surface area (Å²) in [6.45, 7) is 5.96. The lowest BCUT2D eigenvalue weighted by Gasteiger charge is -2.15. The summed E-state index contributed by atoms with van der Waals surface area (Å²) in [5.74, 6) is 0.566. The number of nitrogens with zero attached hydrogens (tertiary/aromatic N) is 4. The highest BCUT2D eigenvalue weighted by atomic mass is 16.5. The normalized spacial score (nSPS) is 12.2. The van der Waals surface area contributed by atoms with E-state index in [4.69, 9.17) is 4.74 Å². The van der Waals surface area contributed by atoms with Crippen LogP contribution in [-0.4, -0.2) is 32.8 Å². The van der Waals surface area contributed by atoms with Gasteiger partial charge in [-0.2, -0.15) is 0 Å². The van der Waals surface area contributed by atoms with E-state index in [1.165, 1.54) is 0 Å². The summed E-state index contributed by atoms with van der Waals surface area (Å²) >= 11 is 0. The van der Waals surface area contributed by atoms with Gasteiger partial charge in [-0.25, -0.2) is 9.67 Å². The van der Waals surface area contributed by atoms with E-state index in [9.17, 15) is 4.79 Å². The van der Waals surface area contributed by atoms with Crippen LogP contribution in [0.15, 0.2) is 24.5 Å². The molecule has 3 heterocycles. The van der Waals surface area contributed by atoms with E-state index < -0.39 is 0 Å². The van der Waals surface area contributed by atoms with Crippen LogP contribution in [0.3, 0.4) is 0 Å². The minimum absolute atomic E-state index is 0.00315. The van der Waals surface area contributed by atoms with Crippen molar-refractivity contribution in [2.45, 2.75) is 39.7 Å². The first-order valence-electron chi connectivity index (χ1n) is 8.98. The molecule has 3 aromatic rings. The number of ether oxygens (including phenoxy) is 1. The minimum atomic E-state index is -0.0765. The van der Waals surface area contributed by atoms with Crippen molar-refractivity contribution in [3.63, 3.8) is 0 Å². The van der Waals surface area contributed by atoms with Gasteiger partial charge in [0.25, 0.3) is 0 Å². The molecule has 0 aliphatic rings. The third-order valence-corrected chi connectivity index (χ3v) is 4.88. The molecule has 0 bridgehead atoms. The lowest BCUT2D eigenvalue weighted by molar-refractivity contribution is -0.121. The Bertz CT molecular complexity index is 966. The second kappa shape index (κ2) is 7.73. The maximum atomic E-state index is 12.4. The number of methoxy groups -OCH3 is 1. The number of fused-ring (bicyclic) bond motifs is 1. The molecule has 1 unspecified atom stereocenters. The number of hydrogen-bond donors (Lipinski definition) is 1. The summed E-state index contributed by atoms with van der Waals surface area (Å²) in [5, 5.41) is 8.30. The number of amides is 1. The van der Waals surface area contributed by atoms with Gasteiger partial charge in [-0.1, -0.05) is 6.07 Å². The summed E-state index contributed by atoms with van der Waals surface area (Å²) in [6, 6.07) is 3.75. The third kappa shape index (κ3) is 3.77. The molecule has 0 saturated carbocycles. The summed E-state index contributed by atoms with van der Waals surface area (Å²) in [7, 11) is 3.46. The lowest BCUT2D eigenvalue weighted by Crippen LogP contribution is -2.27. The largest absolute Gasteiger partial charge is 0.479 e. The molecular formula is C20H25N5O2. The van der Waals surface area contributed by atoms with Crippen molar-refractivity contribution in [2.75, 3.05) is 7.11 Å². The van der Waals surface area contributed by atoms with E-state index >= 15 is 0 Å². The summed E-state index contributed by atoms with van der Waals surface area (Å²) in [5.41, 5.74) is 4.83. The van der Waals surface area contributed by atoms with Crippen LogP contribution in [0.2, 0.25) is 0 Å². The molecule has 0 aliphatic carbocycles. The number of aryl methyl sites for hydroxylation is 3. The molecule has 3 aromatic heterocycles. The standard InChI is InChI=1S/C20H25N5O2/c1-12-16(14(3)23-19-18(12)20(27-5)24-25(19)4)8-9-17(26)22-13(2)15-7-6-10-21-11-15/h6-7,10-11,13H,8-9H2,1-5H3,(H,22,26). The van der Waals surface area contributed by atoms with Crippen molar-refractivity contribution < 1.29 is 9.53 Å². The van der Waals surface area contributed by atoms with Gasteiger partial charge < -0.3 is 10.1 Å². The zero-order chi connectivity index (χ0) is 19.6. The van der Waals surface area contributed by atoms with Gasteiger partial charge in [-0.15, -0.1) is 5.10 Å². The first-order valence-corrected chi connectivity index (χ1v) is 8.98. The minimum Gasteiger partial charge on any atom is -0.479 e. The van der Waals surface area contributed by atoms with E-state index in [0.717, 1.165) is 33.4 Å². The van der Waals surface area contributed by atoms with Gasteiger partial charge >= 0.3 is 0 Å². The van der Waals surface area contributed by atoms with E-state index in [2.05, 4.69) is 20.4 Å². The number of rotatable bonds is 6. The monoisotopic (exact) mass is 367 g/mol. The molecule has 7 heteroatoms. The quantitative estimate of drug-likeness (QED) is 0.724. The van der Waals surface area contributed by atoms with Gasteiger partial charge in [0.2, 0.25) is 11.8 Å². The molecule has 1 N–H and O–H groups in total. The van der Waals surface area contributed by atoms with Crippen molar-refractivity contribution in [3.05, 3.63) is 46.9 Å². The predicted octanol–water partition coefficient (Wildman–Crippen LogP) is 2.80. The molecule has 0 aromatic carbocycles. The van der Waals surface area contributed by atoms with E-state index in [1.54, 1.807) is 24.2 Å². The van der Waals surface area contributed by atoms with E-state index in [0.29, 0.717) is 18.7 Å². The van der Waals surface area contributed by atoms with Crippen LogP contribution in [0.4, 0.5) is 0 Å². The molecule has 7 nitrogen and oxygen atoms in total. The van der Waals surface area contributed by atoms with Gasteiger partial charge in [0.15, 0.2) is 5.65 Å². The third-order valence-electron chi connectivity index (χ3n) is 4.88. The SMILES string of the molecule is COc1nn(C)c2nc(C)c(CCC(=O)NC(C)c3cccnc3)c(C)c12. The fraction of sp³-hybridized carbons (Fsp3) is 0.400. The van der Waals surface area contributed by atoms with E-state index in [1.807, 2.05) is 40.0 Å². The molecule has 0 saturated heterocycles. The Morgan fingerprint density at radius 2 is 2.15 bits per heavy atom. The summed E-state index contributed by atoms with van der Waals surface area (Å²) in [4.78, 5) is 21.2. The molecule has 0 spiro atoms. The Balaban J connectivity index is 1.76. The van der Waals surface area contributed by atoms with Gasteiger partial charge in [0, 0.05) is 31.6 Å². The van der Waals surface area contributed by atoms with Crippen LogP contribution in [-0.2, 0) is 18.3 Å². The Hall–Kier alpha value is -2.96. The second-order valence-corrected chi connectivity index (χ2v) is 6.71. The molecule has 0 aliphatic heterocycles. The Labute approximate surface area is 158 Å². The highest BCUT2D eigenvalue weighted by Crippen LogP contribution is 2.30. The van der Waals surface area contributed by atoms with Crippen LogP contribution in [0.5, 0.6) is 5.88 Å². The predicted molar refractivity (Wildman–Crippen MR) is 104 cm³/mol. The average Bonchev–Trinajstić information content (AvgIpc) is 2.98. The van der Waals surface area contributed by atoms with Gasteiger partial charge in [-0.3, -0.25) is 9.78 Å². The summed E-state index contributed by atoms with van der Waals surface area (Å²) < 4.78 is 7.12. The topological polar surface area (TPSA) is 81.9 Å². The number of pyridine rings is 2. The van der Waals surface area contributed by atoms with E-state index in [-0.39, 0.29) is 11.9 Å². The second-order valence-electron chi connectivity index (χ2n) is 6.71. The molecule has 27 heavy (non-hydrogen) atoms. The number of aromatic nitrogens is 4. The van der Waals surface area contributed by atoms with Gasteiger partial charge in [0.1, 0.15) is 0 Å². The Morgan fingerprint density at radius 1 is 1.37 bits per heavy atom. The summed E-state index contributed by atoms with van der Waals surface area (Å²) in [6.07, 6.45) is 4.50. The fourth-order valence-corrected chi connectivity index (χ4v) is 3.37. The zero-order valence-corrected chi connectivity index (χ0v) is 16.4. The number of hydrogen-bond acceptors (Lipinski definition) is 5. The lowest BCUT2D eigenvalue weighted by atomic mass is 10.00. The molecule has 1 amide bonds. The van der Waals surface area contributed by atoms with Crippen molar-refractivity contribution in [2.24, 2.45) is 7.05 Å². The maximum Gasteiger partial charge on any atom is 0.242 e. The first kappa shape index (κ1) is 18.8.